The lowest BCUT2D eigenvalue weighted by Crippen LogP contribution is -2.40. The Hall–Kier alpha value is -3.46. The first-order valence-electron chi connectivity index (χ1n) is 11.5. The third kappa shape index (κ3) is 3.34. The van der Waals surface area contributed by atoms with Gasteiger partial charge in [0.15, 0.2) is 5.82 Å². The Bertz CT molecular complexity index is 1390. The van der Waals surface area contributed by atoms with E-state index in [2.05, 4.69) is 11.9 Å². The fourth-order valence-corrected chi connectivity index (χ4v) is 5.12. The highest BCUT2D eigenvalue weighted by Gasteiger charge is 2.37. The number of aromatic nitrogens is 4. The Balaban J connectivity index is 1.65. The maximum absolute atomic E-state index is 13.4. The number of carbonyl (C=O) groups excluding carboxylic acids is 1. The van der Waals surface area contributed by atoms with Gasteiger partial charge in [-0.2, -0.15) is 0 Å². The number of hydrogen-bond acceptors (Lipinski definition) is 5. The smallest absolute Gasteiger partial charge is 0.254 e. The highest BCUT2D eigenvalue weighted by molar-refractivity contribution is 6.00. The van der Waals surface area contributed by atoms with Gasteiger partial charge in [-0.3, -0.25) is 4.79 Å². The van der Waals surface area contributed by atoms with Crippen LogP contribution >= 0.6 is 0 Å². The first kappa shape index (κ1) is 22.3. The molecule has 0 unspecified atom stereocenters. The number of aryl methyl sites for hydroxylation is 2. The number of alkyl halides is 1. The van der Waals surface area contributed by atoms with Crippen LogP contribution < -0.4 is 10.5 Å². The third-order valence-electron chi connectivity index (χ3n) is 7.05. The van der Waals surface area contributed by atoms with Crippen molar-refractivity contribution in [1.29, 1.82) is 0 Å². The van der Waals surface area contributed by atoms with Gasteiger partial charge in [0.05, 0.1) is 24.9 Å². The molecule has 34 heavy (non-hydrogen) atoms. The molecule has 0 bridgehead atoms. The number of hydrogen-bond donors (Lipinski definition) is 1. The number of halogens is 1. The molecule has 5 rings (SSSR count). The molecule has 0 saturated carbocycles. The van der Waals surface area contributed by atoms with E-state index in [1.165, 1.54) is 0 Å². The second-order valence-corrected chi connectivity index (χ2v) is 9.08. The van der Waals surface area contributed by atoms with E-state index in [0.717, 1.165) is 16.6 Å². The number of imidazole rings is 1. The van der Waals surface area contributed by atoms with E-state index in [9.17, 15) is 9.18 Å². The number of nitrogens with two attached hydrogens (primary N) is 1. The molecule has 0 radical (unpaired) electrons. The van der Waals surface area contributed by atoms with Crippen molar-refractivity contribution < 1.29 is 13.9 Å². The van der Waals surface area contributed by atoms with Crippen LogP contribution in [-0.4, -0.2) is 62.3 Å². The van der Waals surface area contributed by atoms with Crippen molar-refractivity contribution in [2.75, 3.05) is 20.3 Å². The minimum Gasteiger partial charge on any atom is -0.494 e. The number of pyridine rings is 1. The summed E-state index contributed by atoms with van der Waals surface area (Å²) in [6.07, 6.45) is 1.70. The molecule has 1 aliphatic rings. The van der Waals surface area contributed by atoms with Gasteiger partial charge in [0.1, 0.15) is 23.6 Å². The predicted octanol–water partition coefficient (Wildman–Crippen LogP) is 3.38. The first-order valence-corrected chi connectivity index (χ1v) is 11.5. The Morgan fingerprint density at radius 2 is 2.09 bits per heavy atom. The number of benzene rings is 1. The third-order valence-corrected chi connectivity index (χ3v) is 7.05. The molecule has 3 aromatic heterocycles. The highest BCUT2D eigenvalue weighted by Crippen LogP contribution is 2.34. The molecule has 0 spiro atoms. The Labute approximate surface area is 197 Å². The molecule has 4 aromatic rings. The number of rotatable bonds is 5. The van der Waals surface area contributed by atoms with Crippen LogP contribution in [0.3, 0.4) is 0 Å². The molecule has 2 N–H and O–H groups in total. The van der Waals surface area contributed by atoms with Gasteiger partial charge in [-0.15, -0.1) is 0 Å². The van der Waals surface area contributed by atoms with Gasteiger partial charge >= 0.3 is 0 Å². The average molecular weight is 465 g/mol. The zero-order valence-electron chi connectivity index (χ0n) is 19.8. The Morgan fingerprint density at radius 3 is 2.76 bits per heavy atom. The highest BCUT2D eigenvalue weighted by atomic mass is 19.1. The maximum atomic E-state index is 13.4. The lowest BCUT2D eigenvalue weighted by Gasteiger charge is -2.23. The van der Waals surface area contributed by atoms with Gasteiger partial charge in [0.2, 0.25) is 0 Å². The minimum absolute atomic E-state index is 0.0487. The number of ether oxygens (including phenoxy) is 1. The normalized spacial score (nSPS) is 20.5. The minimum atomic E-state index is -0.520. The van der Waals surface area contributed by atoms with Crippen molar-refractivity contribution in [3.05, 3.63) is 42.1 Å². The lowest BCUT2D eigenvalue weighted by atomic mass is 10.0. The summed E-state index contributed by atoms with van der Waals surface area (Å²) < 4.78 is 22.9. The van der Waals surface area contributed by atoms with Crippen LogP contribution in [0.15, 0.2) is 36.5 Å². The molecule has 1 fully saturated rings. The van der Waals surface area contributed by atoms with Gasteiger partial charge in [-0.25, -0.2) is 14.4 Å². The summed E-state index contributed by atoms with van der Waals surface area (Å²) in [6, 6.07) is 9.22. The van der Waals surface area contributed by atoms with E-state index in [4.69, 9.17) is 15.5 Å². The van der Waals surface area contributed by atoms with Crippen LogP contribution in [0.1, 0.15) is 24.2 Å². The van der Waals surface area contributed by atoms with Crippen LogP contribution in [-0.2, 0) is 13.6 Å². The van der Waals surface area contributed by atoms with Gasteiger partial charge in [-0.05, 0) is 43.2 Å². The summed E-state index contributed by atoms with van der Waals surface area (Å²) in [7, 11) is 3.47. The van der Waals surface area contributed by atoms with Gasteiger partial charge in [0, 0.05) is 42.8 Å². The summed E-state index contributed by atoms with van der Waals surface area (Å²) >= 11 is 0. The number of carbonyl (C=O) groups is 1. The van der Waals surface area contributed by atoms with Crippen molar-refractivity contribution in [1.82, 2.24) is 24.0 Å². The molecule has 9 heteroatoms. The number of methoxy groups -OCH3 is 1. The van der Waals surface area contributed by atoms with E-state index in [1.807, 2.05) is 46.2 Å². The quantitative estimate of drug-likeness (QED) is 0.489. The van der Waals surface area contributed by atoms with E-state index in [1.54, 1.807) is 25.4 Å². The van der Waals surface area contributed by atoms with E-state index < -0.39 is 6.67 Å². The van der Waals surface area contributed by atoms with Crippen LogP contribution in [0, 0.1) is 5.92 Å². The summed E-state index contributed by atoms with van der Waals surface area (Å²) in [5.41, 5.74) is 9.63. The molecule has 1 aliphatic heterocycles. The van der Waals surface area contributed by atoms with Gasteiger partial charge < -0.3 is 24.5 Å². The monoisotopic (exact) mass is 464 g/mol. The Kier molecular flexibility index (Phi) is 5.51. The summed E-state index contributed by atoms with van der Waals surface area (Å²) in [6.45, 7) is 4.32. The van der Waals surface area contributed by atoms with Gasteiger partial charge in [0.25, 0.3) is 5.91 Å². The van der Waals surface area contributed by atoms with Crippen LogP contribution in [0.2, 0.25) is 0 Å². The van der Waals surface area contributed by atoms with Crippen LogP contribution in [0.4, 0.5) is 4.39 Å². The molecule has 0 aliphatic carbocycles. The fourth-order valence-electron chi connectivity index (χ4n) is 5.12. The van der Waals surface area contributed by atoms with Crippen molar-refractivity contribution in [3.63, 3.8) is 0 Å². The molecule has 1 amide bonds. The molecule has 8 nitrogen and oxygen atoms in total. The Morgan fingerprint density at radius 1 is 1.29 bits per heavy atom. The van der Waals surface area contributed by atoms with Crippen molar-refractivity contribution in [2.24, 2.45) is 18.7 Å². The average Bonchev–Trinajstić information content (AvgIpc) is 3.46. The molecule has 3 atom stereocenters. The zero-order chi connectivity index (χ0) is 24.1. The molecule has 1 saturated heterocycles. The molecular weight excluding hydrogens is 435 g/mol. The van der Waals surface area contributed by atoms with Crippen molar-refractivity contribution in [2.45, 2.75) is 32.5 Å². The SMILES string of the molecule is COc1cc(C(=O)N2C[C@H](C)[C@H](N)[C@@H]2C)cc2nc(-c3cc4cccnc4n3CCF)n(C)c12. The summed E-state index contributed by atoms with van der Waals surface area (Å²) in [4.78, 5) is 24.5. The van der Waals surface area contributed by atoms with E-state index in [-0.39, 0.29) is 30.5 Å². The first-order chi connectivity index (χ1) is 16.3. The molecular formula is C25H29FN6O2. The van der Waals surface area contributed by atoms with E-state index >= 15 is 0 Å². The maximum Gasteiger partial charge on any atom is 0.254 e. The van der Waals surface area contributed by atoms with Crippen molar-refractivity contribution in [3.8, 4) is 17.3 Å². The van der Waals surface area contributed by atoms with Crippen molar-refractivity contribution >= 4 is 28.0 Å². The number of amides is 1. The number of likely N-dealkylation sites (tertiary alicyclic amines) is 1. The second-order valence-electron chi connectivity index (χ2n) is 9.08. The fraction of sp³-hybridized carbons (Fsp3) is 0.400. The van der Waals surface area contributed by atoms with Gasteiger partial charge in [-0.1, -0.05) is 6.92 Å². The predicted molar refractivity (Wildman–Crippen MR) is 130 cm³/mol. The standard InChI is InChI=1S/C25H29FN6O2/c1-14-13-32(15(2)21(14)27)25(33)17-10-18-22(20(12-17)34-4)30(3)24(29-18)19-11-16-6-5-8-28-23(16)31(19)9-7-26/h5-6,8,10-12,14-15,21H,7,9,13,27H2,1-4H3/t14-,15-,21-/m0/s1. The topological polar surface area (TPSA) is 91.2 Å². The largest absolute Gasteiger partial charge is 0.494 e. The number of nitrogens with zero attached hydrogens (tertiary/aromatic N) is 5. The lowest BCUT2D eigenvalue weighted by molar-refractivity contribution is 0.0739. The van der Waals surface area contributed by atoms with E-state index in [0.29, 0.717) is 34.8 Å². The zero-order valence-corrected chi connectivity index (χ0v) is 19.8. The molecule has 1 aromatic carbocycles. The van der Waals surface area contributed by atoms with Crippen LogP contribution in [0.25, 0.3) is 33.6 Å². The summed E-state index contributed by atoms with van der Waals surface area (Å²) in [5.74, 6) is 1.35. The molecule has 4 heterocycles. The van der Waals surface area contributed by atoms with Crippen LogP contribution in [0.5, 0.6) is 5.75 Å². The summed E-state index contributed by atoms with van der Waals surface area (Å²) in [5, 5.41) is 0.911. The molecule has 178 valence electrons. The second kappa shape index (κ2) is 8.39. The number of fused-ring (bicyclic) bond motifs is 2.